The lowest BCUT2D eigenvalue weighted by atomic mass is 10.0. The Morgan fingerprint density at radius 2 is 1.15 bits per heavy atom. The van der Waals surface area contributed by atoms with E-state index in [1.54, 1.807) is 42.5 Å². The molecule has 26 heavy (non-hydrogen) atoms. The summed E-state index contributed by atoms with van der Waals surface area (Å²) in [5.41, 5.74) is 4.12. The lowest BCUT2D eigenvalue weighted by Crippen LogP contribution is -1.96. The Morgan fingerprint density at radius 1 is 0.654 bits per heavy atom. The van der Waals surface area contributed by atoms with Crippen LogP contribution in [0.1, 0.15) is 10.4 Å². The lowest BCUT2D eigenvalue weighted by Gasteiger charge is -2.11. The van der Waals surface area contributed by atoms with Crippen LogP contribution < -0.4 is 0 Å². The number of nitrogens with zero attached hydrogens (tertiary/aromatic N) is 2. The molecule has 4 rings (SSSR count). The largest absolute Gasteiger partial charge is 0.298 e. The first-order valence-electron chi connectivity index (χ1n) is 7.93. The van der Waals surface area contributed by atoms with Crippen molar-refractivity contribution in [2.75, 3.05) is 0 Å². The van der Waals surface area contributed by atoms with Crippen LogP contribution in [-0.4, -0.2) is 16.3 Å². The molecule has 0 N–H and O–H groups in total. The molecule has 5 heteroatoms. The van der Waals surface area contributed by atoms with Crippen molar-refractivity contribution in [1.29, 1.82) is 0 Å². The van der Waals surface area contributed by atoms with Gasteiger partial charge in [0.05, 0.1) is 22.4 Å². The number of rotatable bonds is 3. The third-order valence-corrected chi connectivity index (χ3v) is 4.06. The highest BCUT2D eigenvalue weighted by atomic mass is 19.1. The lowest BCUT2D eigenvalue weighted by molar-refractivity contribution is 0.112. The van der Waals surface area contributed by atoms with Gasteiger partial charge in [-0.05, 0) is 66.7 Å². The summed E-state index contributed by atoms with van der Waals surface area (Å²) >= 11 is 0. The van der Waals surface area contributed by atoms with Crippen LogP contribution in [0.15, 0.2) is 66.7 Å². The van der Waals surface area contributed by atoms with Crippen molar-refractivity contribution in [2.24, 2.45) is 0 Å². The summed E-state index contributed by atoms with van der Waals surface area (Å²) < 4.78 is 26.6. The van der Waals surface area contributed by atoms with Crippen LogP contribution >= 0.6 is 0 Å². The highest BCUT2D eigenvalue weighted by molar-refractivity contribution is 5.89. The fraction of sp³-hybridized carbons (Fsp3) is 0. The monoisotopic (exact) mass is 346 g/mol. The summed E-state index contributed by atoms with van der Waals surface area (Å²) in [5.74, 6) is -0.699. The SMILES string of the molecule is O=Cc1ccc2nc(-c3ccc(F)cc3)c(-c3ccc(F)cc3)nc2c1. The van der Waals surface area contributed by atoms with E-state index < -0.39 is 0 Å². The number of fused-ring (bicyclic) bond motifs is 1. The molecular weight excluding hydrogens is 334 g/mol. The Balaban J connectivity index is 2.00. The molecule has 0 fully saturated rings. The van der Waals surface area contributed by atoms with Gasteiger partial charge in [0.1, 0.15) is 17.9 Å². The number of hydrogen-bond acceptors (Lipinski definition) is 3. The average Bonchev–Trinajstić information content (AvgIpc) is 2.68. The van der Waals surface area contributed by atoms with Gasteiger partial charge in [-0.2, -0.15) is 0 Å². The number of carbonyl (C=O) groups excluding carboxylic acids is 1. The Morgan fingerprint density at radius 3 is 1.65 bits per heavy atom. The van der Waals surface area contributed by atoms with E-state index in [9.17, 15) is 13.6 Å². The quantitative estimate of drug-likeness (QED) is 0.487. The first-order chi connectivity index (χ1) is 12.6. The first kappa shape index (κ1) is 16.0. The number of hydrogen-bond donors (Lipinski definition) is 0. The zero-order valence-electron chi connectivity index (χ0n) is 13.5. The topological polar surface area (TPSA) is 42.9 Å². The number of aromatic nitrogens is 2. The molecule has 3 aromatic carbocycles. The second kappa shape index (κ2) is 6.44. The highest BCUT2D eigenvalue weighted by Crippen LogP contribution is 2.31. The summed E-state index contributed by atoms with van der Waals surface area (Å²) in [6.45, 7) is 0. The molecule has 3 nitrogen and oxygen atoms in total. The number of carbonyl (C=O) groups is 1. The first-order valence-corrected chi connectivity index (χ1v) is 7.93. The number of halogens is 2. The van der Waals surface area contributed by atoms with Crippen LogP contribution in [0.5, 0.6) is 0 Å². The van der Waals surface area contributed by atoms with E-state index >= 15 is 0 Å². The standard InChI is InChI=1S/C21H12F2N2O/c22-16-6-2-14(3-7-16)20-21(15-4-8-17(23)9-5-15)25-19-11-13(12-26)1-10-18(19)24-20/h1-12H. The molecule has 0 aliphatic rings. The van der Waals surface area contributed by atoms with E-state index in [0.29, 0.717) is 39.1 Å². The minimum atomic E-state index is -0.353. The summed E-state index contributed by atoms with van der Waals surface area (Å²) in [7, 11) is 0. The van der Waals surface area contributed by atoms with E-state index in [0.717, 1.165) is 6.29 Å². The van der Waals surface area contributed by atoms with Crippen molar-refractivity contribution in [2.45, 2.75) is 0 Å². The van der Waals surface area contributed by atoms with Crippen molar-refractivity contribution >= 4 is 17.3 Å². The molecule has 0 saturated heterocycles. The van der Waals surface area contributed by atoms with Crippen LogP contribution in [0, 0.1) is 11.6 Å². The van der Waals surface area contributed by atoms with Crippen molar-refractivity contribution in [3.63, 3.8) is 0 Å². The fourth-order valence-corrected chi connectivity index (χ4v) is 2.76. The number of benzene rings is 3. The van der Waals surface area contributed by atoms with E-state index in [4.69, 9.17) is 0 Å². The summed E-state index contributed by atoms with van der Waals surface area (Å²) in [4.78, 5) is 20.3. The zero-order chi connectivity index (χ0) is 18.1. The Bertz CT molecular complexity index is 1110. The van der Waals surface area contributed by atoms with E-state index in [1.165, 1.54) is 24.3 Å². The predicted octanol–water partition coefficient (Wildman–Crippen LogP) is 5.05. The van der Waals surface area contributed by atoms with Crippen molar-refractivity contribution in [3.8, 4) is 22.5 Å². The van der Waals surface area contributed by atoms with Gasteiger partial charge >= 0.3 is 0 Å². The molecule has 0 radical (unpaired) electrons. The van der Waals surface area contributed by atoms with Crippen LogP contribution in [0.2, 0.25) is 0 Å². The molecule has 1 aromatic heterocycles. The van der Waals surface area contributed by atoms with Crippen LogP contribution in [-0.2, 0) is 0 Å². The van der Waals surface area contributed by atoms with Crippen LogP contribution in [0.25, 0.3) is 33.5 Å². The molecule has 0 amide bonds. The van der Waals surface area contributed by atoms with Gasteiger partial charge in [-0.3, -0.25) is 4.79 Å². The molecule has 126 valence electrons. The Hall–Kier alpha value is -3.47. The van der Waals surface area contributed by atoms with Gasteiger partial charge in [0, 0.05) is 16.7 Å². The van der Waals surface area contributed by atoms with E-state index in [2.05, 4.69) is 9.97 Å². The molecule has 0 unspecified atom stereocenters. The minimum Gasteiger partial charge on any atom is -0.298 e. The van der Waals surface area contributed by atoms with Gasteiger partial charge in [-0.1, -0.05) is 0 Å². The van der Waals surface area contributed by atoms with Crippen LogP contribution in [0.3, 0.4) is 0 Å². The minimum absolute atomic E-state index is 0.346. The molecule has 0 saturated carbocycles. The molecular formula is C21H12F2N2O. The molecule has 4 aromatic rings. The molecule has 1 heterocycles. The van der Waals surface area contributed by atoms with Gasteiger partial charge < -0.3 is 0 Å². The maximum atomic E-state index is 13.3. The third kappa shape index (κ3) is 2.95. The van der Waals surface area contributed by atoms with Crippen molar-refractivity contribution in [3.05, 3.63) is 83.9 Å². The van der Waals surface area contributed by atoms with E-state index in [-0.39, 0.29) is 11.6 Å². The maximum absolute atomic E-state index is 13.3. The summed E-state index contributed by atoms with van der Waals surface area (Å²) in [6.07, 6.45) is 0.743. The second-order valence-electron chi connectivity index (χ2n) is 5.80. The highest BCUT2D eigenvalue weighted by Gasteiger charge is 2.14. The van der Waals surface area contributed by atoms with Gasteiger partial charge in [0.25, 0.3) is 0 Å². The smallest absolute Gasteiger partial charge is 0.150 e. The summed E-state index contributed by atoms with van der Waals surface area (Å²) in [5, 5.41) is 0. The molecule has 0 bridgehead atoms. The predicted molar refractivity (Wildman–Crippen MR) is 95.7 cm³/mol. The third-order valence-electron chi connectivity index (χ3n) is 4.06. The van der Waals surface area contributed by atoms with Gasteiger partial charge in [0.2, 0.25) is 0 Å². The zero-order valence-corrected chi connectivity index (χ0v) is 13.5. The second-order valence-corrected chi connectivity index (χ2v) is 5.80. The molecule has 0 atom stereocenters. The molecule has 0 aliphatic carbocycles. The van der Waals surface area contributed by atoms with E-state index in [1.807, 2.05) is 0 Å². The van der Waals surface area contributed by atoms with Gasteiger partial charge in [-0.15, -0.1) is 0 Å². The average molecular weight is 346 g/mol. The molecule has 0 aliphatic heterocycles. The fourth-order valence-electron chi connectivity index (χ4n) is 2.76. The van der Waals surface area contributed by atoms with Crippen molar-refractivity contribution < 1.29 is 13.6 Å². The van der Waals surface area contributed by atoms with Gasteiger partial charge in [-0.25, -0.2) is 18.7 Å². The summed E-state index contributed by atoms with van der Waals surface area (Å²) in [6, 6.07) is 16.9. The number of aldehydes is 1. The maximum Gasteiger partial charge on any atom is 0.150 e. The molecule has 0 spiro atoms. The van der Waals surface area contributed by atoms with Crippen LogP contribution in [0.4, 0.5) is 8.78 Å². The Labute approximate surface area is 148 Å². The van der Waals surface area contributed by atoms with Gasteiger partial charge in [0.15, 0.2) is 0 Å². The normalized spacial score (nSPS) is 10.8. The Kier molecular flexibility index (Phi) is 3.97. The van der Waals surface area contributed by atoms with Crippen molar-refractivity contribution in [1.82, 2.24) is 9.97 Å².